The summed E-state index contributed by atoms with van der Waals surface area (Å²) in [5, 5.41) is 3.53. The number of morpholine rings is 1. The summed E-state index contributed by atoms with van der Waals surface area (Å²) in [7, 11) is -3.48. The van der Waals surface area contributed by atoms with Crippen LogP contribution in [0.25, 0.3) is 0 Å². The van der Waals surface area contributed by atoms with Gasteiger partial charge in [0.1, 0.15) is 4.21 Å². The number of benzene rings is 1. The molecule has 1 aliphatic rings. The number of thioether (sulfide) groups is 1. The maximum atomic E-state index is 12.6. The number of hydrogen-bond acceptors (Lipinski definition) is 6. The molecule has 6 nitrogen and oxygen atoms in total. The predicted molar refractivity (Wildman–Crippen MR) is 113 cm³/mol. The third kappa shape index (κ3) is 5.95. The van der Waals surface area contributed by atoms with Crippen molar-refractivity contribution in [3.05, 3.63) is 51.9 Å². The van der Waals surface area contributed by atoms with Gasteiger partial charge in [-0.1, -0.05) is 23.7 Å². The summed E-state index contributed by atoms with van der Waals surface area (Å²) >= 11 is 8.56. The van der Waals surface area contributed by atoms with Crippen LogP contribution < -0.4 is 5.32 Å². The van der Waals surface area contributed by atoms with E-state index in [2.05, 4.69) is 5.32 Å². The SMILES string of the molecule is O=C(CSCc1ccc(Cl)cc1)NCc1ccc(S(=O)(=O)N2CCOCC2)s1. The maximum absolute atomic E-state index is 12.6. The van der Waals surface area contributed by atoms with Gasteiger partial charge in [0.05, 0.1) is 25.5 Å². The van der Waals surface area contributed by atoms with Crippen LogP contribution in [0.15, 0.2) is 40.6 Å². The van der Waals surface area contributed by atoms with Crippen molar-refractivity contribution < 1.29 is 17.9 Å². The zero-order valence-corrected chi connectivity index (χ0v) is 18.3. The molecule has 2 heterocycles. The number of nitrogens with one attached hydrogen (secondary N) is 1. The number of nitrogens with zero attached hydrogens (tertiary/aromatic N) is 1. The van der Waals surface area contributed by atoms with Gasteiger partial charge in [-0.05, 0) is 29.8 Å². The Morgan fingerprint density at radius 1 is 1.18 bits per heavy atom. The van der Waals surface area contributed by atoms with Crippen LogP contribution in [0.5, 0.6) is 0 Å². The molecule has 10 heteroatoms. The molecule has 1 N–H and O–H groups in total. The molecule has 0 atom stereocenters. The minimum absolute atomic E-state index is 0.0788. The van der Waals surface area contributed by atoms with E-state index in [4.69, 9.17) is 16.3 Å². The van der Waals surface area contributed by atoms with Crippen LogP contribution in [-0.2, 0) is 31.9 Å². The van der Waals surface area contributed by atoms with Crippen LogP contribution >= 0.6 is 34.7 Å². The summed E-state index contributed by atoms with van der Waals surface area (Å²) in [5.41, 5.74) is 1.11. The van der Waals surface area contributed by atoms with E-state index in [1.165, 1.54) is 27.4 Å². The van der Waals surface area contributed by atoms with Gasteiger partial charge in [0, 0.05) is 28.7 Å². The number of rotatable bonds is 8. The van der Waals surface area contributed by atoms with Crippen molar-refractivity contribution in [3.8, 4) is 0 Å². The van der Waals surface area contributed by atoms with E-state index < -0.39 is 10.0 Å². The number of sulfonamides is 1. The smallest absolute Gasteiger partial charge is 0.252 e. The Hall–Kier alpha value is -1.10. The number of halogens is 1. The molecule has 28 heavy (non-hydrogen) atoms. The third-order valence-corrected chi connectivity index (χ3v) is 8.78. The predicted octanol–water partition coefficient (Wildman–Crippen LogP) is 2.97. The van der Waals surface area contributed by atoms with Crippen LogP contribution in [0.1, 0.15) is 10.4 Å². The summed E-state index contributed by atoms with van der Waals surface area (Å²) < 4.78 is 32.2. The minimum atomic E-state index is -3.48. The third-order valence-electron chi connectivity index (χ3n) is 4.08. The lowest BCUT2D eigenvalue weighted by Crippen LogP contribution is -2.40. The number of hydrogen-bond donors (Lipinski definition) is 1. The molecule has 0 unspecified atom stereocenters. The fourth-order valence-corrected chi connectivity index (χ4v) is 6.39. The van der Waals surface area contributed by atoms with Crippen molar-refractivity contribution in [2.75, 3.05) is 32.1 Å². The van der Waals surface area contributed by atoms with Crippen molar-refractivity contribution in [2.45, 2.75) is 16.5 Å². The molecule has 1 aliphatic heterocycles. The summed E-state index contributed by atoms with van der Waals surface area (Å²) in [6.07, 6.45) is 0. The Morgan fingerprint density at radius 2 is 1.89 bits per heavy atom. The topological polar surface area (TPSA) is 75.7 Å². The standard InChI is InChI=1S/C18H21ClN2O4S3/c19-15-3-1-14(2-4-15)12-26-13-17(22)20-11-16-5-6-18(27-16)28(23,24)21-7-9-25-10-8-21/h1-6H,7-13H2,(H,20,22). The largest absolute Gasteiger partial charge is 0.379 e. The first-order valence-corrected chi connectivity index (χ1v) is 12.5. The molecule has 0 aliphatic carbocycles. The Morgan fingerprint density at radius 3 is 2.61 bits per heavy atom. The first-order valence-electron chi connectivity index (χ1n) is 8.70. The van der Waals surface area contributed by atoms with Crippen molar-refractivity contribution >= 4 is 50.6 Å². The quantitative estimate of drug-likeness (QED) is 0.655. The summed E-state index contributed by atoms with van der Waals surface area (Å²) in [6, 6.07) is 10.9. The summed E-state index contributed by atoms with van der Waals surface area (Å²) in [6.45, 7) is 1.90. The number of amides is 1. The van der Waals surface area contributed by atoms with E-state index in [0.29, 0.717) is 47.8 Å². The van der Waals surface area contributed by atoms with Crippen molar-refractivity contribution in [2.24, 2.45) is 0 Å². The first kappa shape index (κ1) is 21.6. The average Bonchev–Trinajstić information content (AvgIpc) is 3.19. The van der Waals surface area contributed by atoms with Gasteiger partial charge in [-0.25, -0.2) is 8.42 Å². The van der Waals surface area contributed by atoms with E-state index >= 15 is 0 Å². The van der Waals surface area contributed by atoms with Crippen molar-refractivity contribution in [1.29, 1.82) is 0 Å². The van der Waals surface area contributed by atoms with Crippen LogP contribution in [0.2, 0.25) is 5.02 Å². The highest BCUT2D eigenvalue weighted by Crippen LogP contribution is 2.25. The molecular formula is C18H21ClN2O4S3. The van der Waals surface area contributed by atoms with Gasteiger partial charge in [-0.2, -0.15) is 4.31 Å². The Balaban J connectivity index is 1.44. The van der Waals surface area contributed by atoms with Crippen LogP contribution in [-0.4, -0.2) is 50.7 Å². The number of thiophene rings is 1. The number of carbonyl (C=O) groups excluding carboxylic acids is 1. The molecule has 1 aromatic heterocycles. The molecule has 0 radical (unpaired) electrons. The molecule has 0 spiro atoms. The molecule has 1 fully saturated rings. The lowest BCUT2D eigenvalue weighted by atomic mass is 10.2. The molecule has 0 bridgehead atoms. The Kier molecular flexibility index (Phi) is 7.78. The van der Waals surface area contributed by atoms with Gasteiger partial charge in [0.25, 0.3) is 10.0 Å². The van der Waals surface area contributed by atoms with Crippen molar-refractivity contribution in [3.63, 3.8) is 0 Å². The molecule has 1 aromatic carbocycles. The average molecular weight is 461 g/mol. The minimum Gasteiger partial charge on any atom is -0.379 e. The lowest BCUT2D eigenvalue weighted by Gasteiger charge is -2.25. The molecule has 3 rings (SSSR count). The van der Waals surface area contributed by atoms with Crippen LogP contribution in [0.3, 0.4) is 0 Å². The monoisotopic (exact) mass is 460 g/mol. The molecular weight excluding hydrogens is 440 g/mol. The zero-order valence-electron chi connectivity index (χ0n) is 15.1. The fourth-order valence-electron chi connectivity index (χ4n) is 2.59. The Bertz CT molecular complexity index is 894. The summed E-state index contributed by atoms with van der Waals surface area (Å²) in [4.78, 5) is 12.8. The Labute approximate surface area is 178 Å². The van der Waals surface area contributed by atoms with Crippen molar-refractivity contribution in [1.82, 2.24) is 9.62 Å². The molecule has 152 valence electrons. The maximum Gasteiger partial charge on any atom is 0.252 e. The lowest BCUT2D eigenvalue weighted by molar-refractivity contribution is -0.118. The second-order valence-corrected chi connectivity index (χ2v) is 10.9. The second-order valence-electron chi connectivity index (χ2n) is 6.13. The molecule has 2 aromatic rings. The fraction of sp³-hybridized carbons (Fsp3) is 0.389. The summed E-state index contributed by atoms with van der Waals surface area (Å²) in [5.74, 6) is 0.989. The molecule has 1 amide bonds. The number of ether oxygens (including phenoxy) is 1. The zero-order chi connectivity index (χ0) is 20.0. The second kappa shape index (κ2) is 10.1. The van der Waals surface area contributed by atoms with E-state index in [-0.39, 0.29) is 5.91 Å². The van der Waals surface area contributed by atoms with Gasteiger partial charge in [0.2, 0.25) is 5.91 Å². The van der Waals surface area contributed by atoms with Gasteiger partial charge in [0.15, 0.2) is 0 Å². The van der Waals surface area contributed by atoms with E-state index in [9.17, 15) is 13.2 Å². The highest BCUT2D eigenvalue weighted by molar-refractivity contribution is 7.99. The van der Waals surface area contributed by atoms with Gasteiger partial charge in [-0.15, -0.1) is 23.1 Å². The van der Waals surface area contributed by atoms with Gasteiger partial charge < -0.3 is 10.1 Å². The highest BCUT2D eigenvalue weighted by Gasteiger charge is 2.27. The van der Waals surface area contributed by atoms with Crippen LogP contribution in [0, 0.1) is 0 Å². The van der Waals surface area contributed by atoms with E-state index in [1.807, 2.05) is 24.3 Å². The molecule has 1 saturated heterocycles. The van der Waals surface area contributed by atoms with Gasteiger partial charge in [-0.3, -0.25) is 4.79 Å². The molecule has 0 saturated carbocycles. The number of carbonyl (C=O) groups is 1. The van der Waals surface area contributed by atoms with Crippen LogP contribution in [0.4, 0.5) is 0 Å². The highest BCUT2D eigenvalue weighted by atomic mass is 35.5. The van der Waals surface area contributed by atoms with E-state index in [0.717, 1.165) is 16.2 Å². The first-order chi connectivity index (χ1) is 13.4. The van der Waals surface area contributed by atoms with E-state index in [1.54, 1.807) is 12.1 Å². The van der Waals surface area contributed by atoms with Gasteiger partial charge >= 0.3 is 0 Å². The normalized spacial score (nSPS) is 15.5.